The maximum Gasteiger partial charge on any atom is 0.472 e. The standard InChI is InChI=1S/C62H109N2O6P/c1-6-8-10-12-14-16-18-19-20-21-22-23-24-25-26-27-28-29-30-31-32-33-34-35-36-37-38-39-40-41-42-43-44-45-46-48-50-52-54-56-62(66)63-60(59-70-71(67,68)69-58-57-64(3,4)5)61(65)55-53-51-49-47-17-15-13-11-9-7-2/h8,10,14,16,19-20,22-23,25-26,28-29,31-32,34-35,37-38,60-61,65H,6-7,9,11-13,15,17-18,21,24,27,30,33,36,39-59H2,1-5H3,(H-,63,66,67,68)/p+1/b10-8-,16-14-,20-19-,23-22-,26-25-,29-28-,32-31-,35-34-,38-37-. The predicted molar refractivity (Wildman–Crippen MR) is 309 cm³/mol. The number of amides is 1. The molecule has 3 atom stereocenters. The number of phosphoric ester groups is 1. The van der Waals surface area contributed by atoms with Gasteiger partial charge in [-0.25, -0.2) is 4.57 Å². The molecule has 0 aliphatic carbocycles. The topological polar surface area (TPSA) is 105 Å². The van der Waals surface area contributed by atoms with Crippen LogP contribution in [-0.2, 0) is 18.4 Å². The number of hydrogen-bond acceptors (Lipinski definition) is 5. The molecule has 0 saturated heterocycles. The van der Waals surface area contributed by atoms with Crippen LogP contribution in [0.15, 0.2) is 109 Å². The fourth-order valence-corrected chi connectivity index (χ4v) is 8.54. The minimum Gasteiger partial charge on any atom is -0.391 e. The number of aliphatic hydroxyl groups is 1. The summed E-state index contributed by atoms with van der Waals surface area (Å²) in [5, 5.41) is 14.0. The van der Waals surface area contributed by atoms with Gasteiger partial charge in [0.2, 0.25) is 5.91 Å². The normalized spacial score (nSPS) is 14.7. The van der Waals surface area contributed by atoms with Gasteiger partial charge in [0.25, 0.3) is 0 Å². The molecule has 0 spiro atoms. The highest BCUT2D eigenvalue weighted by molar-refractivity contribution is 7.47. The summed E-state index contributed by atoms with van der Waals surface area (Å²) in [5.41, 5.74) is 0. The van der Waals surface area contributed by atoms with E-state index in [0.29, 0.717) is 23.9 Å². The molecule has 9 heteroatoms. The highest BCUT2D eigenvalue weighted by atomic mass is 31.2. The molecular formula is C62H110N2O6P+. The number of hydrogen-bond donors (Lipinski definition) is 3. The van der Waals surface area contributed by atoms with Crippen LogP contribution >= 0.6 is 7.82 Å². The SMILES string of the molecule is CC/C=C\C/C=C\C/C=C\C/C=C\C/C=C\C/C=C\C/C=C\C/C=C\C/C=C\CCCCCCCCCCCCCC(=O)NC(COP(=O)(O)OCC[N+](C)(C)C)C(O)CCCCCCCCCCCC. The first-order valence-electron chi connectivity index (χ1n) is 28.8. The van der Waals surface area contributed by atoms with Crippen molar-refractivity contribution in [2.24, 2.45) is 0 Å². The number of carbonyl (C=O) groups excluding carboxylic acids is 1. The van der Waals surface area contributed by atoms with E-state index in [1.807, 2.05) is 21.1 Å². The van der Waals surface area contributed by atoms with Gasteiger partial charge < -0.3 is 19.8 Å². The van der Waals surface area contributed by atoms with Crippen molar-refractivity contribution >= 4 is 13.7 Å². The third-order valence-corrected chi connectivity index (χ3v) is 13.3. The van der Waals surface area contributed by atoms with Crippen molar-refractivity contribution in [3.05, 3.63) is 109 Å². The minimum absolute atomic E-state index is 0.0697. The van der Waals surface area contributed by atoms with Crippen molar-refractivity contribution in [1.29, 1.82) is 0 Å². The molecule has 0 heterocycles. The van der Waals surface area contributed by atoms with Gasteiger partial charge in [-0.3, -0.25) is 13.8 Å². The van der Waals surface area contributed by atoms with Crippen LogP contribution < -0.4 is 5.32 Å². The Labute approximate surface area is 438 Å². The second kappa shape index (κ2) is 52.0. The second-order valence-electron chi connectivity index (χ2n) is 20.3. The summed E-state index contributed by atoms with van der Waals surface area (Å²) >= 11 is 0. The zero-order valence-electron chi connectivity index (χ0n) is 46.4. The Bertz CT molecular complexity index is 1520. The summed E-state index contributed by atoms with van der Waals surface area (Å²) < 4.78 is 23.7. The molecule has 3 N–H and O–H groups in total. The summed E-state index contributed by atoms with van der Waals surface area (Å²) in [5.74, 6) is -0.154. The summed E-state index contributed by atoms with van der Waals surface area (Å²) in [6.45, 7) is 4.74. The van der Waals surface area contributed by atoms with Gasteiger partial charge in [0.15, 0.2) is 0 Å². The molecule has 0 bridgehead atoms. The molecule has 0 aromatic carbocycles. The first kappa shape index (κ1) is 68.2. The molecule has 0 fully saturated rings. The second-order valence-corrected chi connectivity index (χ2v) is 21.7. The zero-order valence-corrected chi connectivity index (χ0v) is 47.3. The van der Waals surface area contributed by atoms with Crippen LogP contribution in [0.2, 0.25) is 0 Å². The van der Waals surface area contributed by atoms with E-state index in [9.17, 15) is 19.4 Å². The molecular weight excluding hydrogens is 900 g/mol. The maximum absolute atomic E-state index is 12.9. The van der Waals surface area contributed by atoms with E-state index in [2.05, 4.69) is 129 Å². The van der Waals surface area contributed by atoms with Crippen LogP contribution in [0.1, 0.15) is 226 Å². The molecule has 0 aliphatic rings. The van der Waals surface area contributed by atoms with Gasteiger partial charge in [0.1, 0.15) is 13.2 Å². The fraction of sp³-hybridized carbons (Fsp3) is 0.694. The largest absolute Gasteiger partial charge is 0.472 e. The van der Waals surface area contributed by atoms with Crippen LogP contribution in [0.4, 0.5) is 0 Å². The molecule has 71 heavy (non-hydrogen) atoms. The van der Waals surface area contributed by atoms with Gasteiger partial charge >= 0.3 is 7.82 Å². The summed E-state index contributed by atoms with van der Waals surface area (Å²) in [4.78, 5) is 23.2. The lowest BCUT2D eigenvalue weighted by molar-refractivity contribution is -0.870. The van der Waals surface area contributed by atoms with E-state index in [1.54, 1.807) is 0 Å². The molecule has 8 nitrogen and oxygen atoms in total. The van der Waals surface area contributed by atoms with Crippen molar-refractivity contribution in [3.63, 3.8) is 0 Å². The number of carbonyl (C=O) groups is 1. The highest BCUT2D eigenvalue weighted by Gasteiger charge is 2.28. The average Bonchev–Trinajstić information content (AvgIpc) is 3.33. The van der Waals surface area contributed by atoms with Gasteiger partial charge in [-0.2, -0.15) is 0 Å². The molecule has 0 saturated carbocycles. The predicted octanol–water partition coefficient (Wildman–Crippen LogP) is 17.6. The molecule has 0 aromatic heterocycles. The highest BCUT2D eigenvalue weighted by Crippen LogP contribution is 2.43. The van der Waals surface area contributed by atoms with E-state index in [4.69, 9.17) is 9.05 Å². The maximum atomic E-state index is 12.9. The Balaban J connectivity index is 4.01. The third-order valence-electron chi connectivity index (χ3n) is 12.3. The van der Waals surface area contributed by atoms with Crippen molar-refractivity contribution < 1.29 is 32.9 Å². The van der Waals surface area contributed by atoms with Crippen molar-refractivity contribution in [2.75, 3.05) is 40.9 Å². The lowest BCUT2D eigenvalue weighted by Gasteiger charge is -2.26. The molecule has 408 valence electrons. The number of likely N-dealkylation sites (N-methyl/N-ethyl adjacent to an activating group) is 1. The van der Waals surface area contributed by atoms with Gasteiger partial charge in [0, 0.05) is 6.42 Å². The Kier molecular flexibility index (Phi) is 50.0. The first-order chi connectivity index (χ1) is 34.5. The number of allylic oxidation sites excluding steroid dienone is 18. The summed E-state index contributed by atoms with van der Waals surface area (Å²) in [6.07, 6.45) is 75.9. The lowest BCUT2D eigenvalue weighted by Crippen LogP contribution is -2.46. The fourth-order valence-electron chi connectivity index (χ4n) is 7.80. The first-order valence-corrected chi connectivity index (χ1v) is 30.2. The van der Waals surface area contributed by atoms with Crippen LogP contribution in [0.3, 0.4) is 0 Å². The number of quaternary nitrogens is 1. The van der Waals surface area contributed by atoms with Crippen LogP contribution in [-0.4, -0.2) is 73.4 Å². The van der Waals surface area contributed by atoms with E-state index >= 15 is 0 Å². The van der Waals surface area contributed by atoms with E-state index in [0.717, 1.165) is 96.3 Å². The summed E-state index contributed by atoms with van der Waals surface area (Å²) in [7, 11) is 1.60. The van der Waals surface area contributed by atoms with Gasteiger partial charge in [-0.05, 0) is 83.5 Å². The summed E-state index contributed by atoms with van der Waals surface area (Å²) in [6, 6.07) is -0.767. The smallest absolute Gasteiger partial charge is 0.391 e. The molecule has 0 rings (SSSR count). The molecule has 0 aliphatic heterocycles. The van der Waals surface area contributed by atoms with Crippen LogP contribution in [0.25, 0.3) is 0 Å². The lowest BCUT2D eigenvalue weighted by atomic mass is 10.0. The van der Waals surface area contributed by atoms with Crippen LogP contribution in [0.5, 0.6) is 0 Å². The van der Waals surface area contributed by atoms with Crippen molar-refractivity contribution in [2.45, 2.75) is 238 Å². The molecule has 0 aromatic rings. The molecule has 1 amide bonds. The number of unbranched alkanes of at least 4 members (excludes halogenated alkanes) is 20. The quantitative estimate of drug-likeness (QED) is 0.0243. The Morgan fingerprint density at radius 2 is 0.845 bits per heavy atom. The Morgan fingerprint density at radius 3 is 1.24 bits per heavy atom. The number of nitrogens with one attached hydrogen (secondary N) is 1. The molecule has 0 radical (unpaired) electrons. The number of nitrogens with zero attached hydrogens (tertiary/aromatic N) is 1. The van der Waals surface area contributed by atoms with Gasteiger partial charge in [-0.15, -0.1) is 0 Å². The number of aliphatic hydroxyl groups excluding tert-OH is 1. The van der Waals surface area contributed by atoms with Crippen molar-refractivity contribution in [1.82, 2.24) is 5.32 Å². The van der Waals surface area contributed by atoms with Crippen molar-refractivity contribution in [3.8, 4) is 0 Å². The minimum atomic E-state index is -4.32. The third kappa shape index (κ3) is 54.8. The Hall–Kier alpha value is -2.84. The number of phosphoric acid groups is 1. The van der Waals surface area contributed by atoms with Crippen LogP contribution in [0, 0.1) is 0 Å². The average molecular weight is 1010 g/mol. The van der Waals surface area contributed by atoms with E-state index in [1.165, 1.54) is 103 Å². The van der Waals surface area contributed by atoms with E-state index in [-0.39, 0.29) is 19.1 Å². The zero-order chi connectivity index (χ0) is 52.0. The van der Waals surface area contributed by atoms with Gasteiger partial charge in [0.05, 0.1) is 39.9 Å². The Morgan fingerprint density at radius 1 is 0.493 bits per heavy atom. The number of rotatable bonds is 51. The van der Waals surface area contributed by atoms with E-state index < -0.39 is 20.0 Å². The molecule has 3 unspecified atom stereocenters. The monoisotopic (exact) mass is 1010 g/mol. The van der Waals surface area contributed by atoms with Gasteiger partial charge in [-0.1, -0.05) is 245 Å².